The van der Waals surface area contributed by atoms with Crippen LogP contribution in [-0.2, 0) is 6.54 Å². The van der Waals surface area contributed by atoms with E-state index in [1.165, 1.54) is 12.1 Å². The second-order valence-electron chi connectivity index (χ2n) is 5.04. The van der Waals surface area contributed by atoms with Crippen LogP contribution in [0.25, 0.3) is 0 Å². The Balaban J connectivity index is 1.87. The van der Waals surface area contributed by atoms with E-state index in [9.17, 15) is 15.2 Å². The van der Waals surface area contributed by atoms with Gasteiger partial charge in [-0.3, -0.25) is 15.0 Å². The monoisotopic (exact) mass is 250 g/mol. The second-order valence-corrected chi connectivity index (χ2v) is 5.04. The van der Waals surface area contributed by atoms with E-state index in [1.807, 2.05) is 0 Å². The molecular formula is C13H18N2O3. The Morgan fingerprint density at radius 2 is 2.00 bits per heavy atom. The minimum atomic E-state index is -0.518. The highest BCUT2D eigenvalue weighted by Gasteiger charge is 2.39. The first-order valence-corrected chi connectivity index (χ1v) is 6.20. The molecule has 0 unspecified atom stereocenters. The van der Waals surface area contributed by atoms with Gasteiger partial charge in [0, 0.05) is 31.8 Å². The molecule has 98 valence electrons. The third-order valence-corrected chi connectivity index (χ3v) is 3.30. The summed E-state index contributed by atoms with van der Waals surface area (Å²) in [5.41, 5.74) is 0.638. The van der Waals surface area contributed by atoms with Crippen molar-refractivity contribution in [1.29, 1.82) is 0 Å². The zero-order valence-electron chi connectivity index (χ0n) is 10.5. The SMILES string of the molecule is CCCC1(O)CN(Cc2ccc([N+](=O)[O-])cc2)C1. The van der Waals surface area contributed by atoms with Gasteiger partial charge >= 0.3 is 0 Å². The first kappa shape index (κ1) is 13.0. The average Bonchev–Trinajstić information content (AvgIpc) is 2.28. The summed E-state index contributed by atoms with van der Waals surface area (Å²) in [6, 6.07) is 6.59. The molecule has 1 aliphatic rings. The van der Waals surface area contributed by atoms with E-state index in [0.29, 0.717) is 13.1 Å². The van der Waals surface area contributed by atoms with Crippen LogP contribution in [0.4, 0.5) is 5.69 Å². The van der Waals surface area contributed by atoms with Crippen molar-refractivity contribution in [1.82, 2.24) is 4.90 Å². The number of benzene rings is 1. The van der Waals surface area contributed by atoms with Crippen LogP contribution in [0.5, 0.6) is 0 Å². The molecule has 2 rings (SSSR count). The molecule has 0 aliphatic carbocycles. The van der Waals surface area contributed by atoms with Crippen LogP contribution in [0.15, 0.2) is 24.3 Å². The Bertz CT molecular complexity index is 424. The maximum absolute atomic E-state index is 10.5. The fourth-order valence-electron chi connectivity index (χ4n) is 2.50. The first-order valence-electron chi connectivity index (χ1n) is 6.20. The largest absolute Gasteiger partial charge is 0.387 e. The summed E-state index contributed by atoms with van der Waals surface area (Å²) in [7, 11) is 0. The van der Waals surface area contributed by atoms with Crippen LogP contribution in [0.1, 0.15) is 25.3 Å². The maximum atomic E-state index is 10.5. The van der Waals surface area contributed by atoms with Crippen molar-refractivity contribution in [3.63, 3.8) is 0 Å². The lowest BCUT2D eigenvalue weighted by molar-refractivity contribution is -0.384. The molecule has 18 heavy (non-hydrogen) atoms. The predicted molar refractivity (Wildman–Crippen MR) is 68.2 cm³/mol. The van der Waals surface area contributed by atoms with E-state index >= 15 is 0 Å². The molecule has 1 fully saturated rings. The molecule has 0 spiro atoms. The summed E-state index contributed by atoms with van der Waals surface area (Å²) in [5, 5.41) is 20.6. The number of likely N-dealkylation sites (tertiary alicyclic amines) is 1. The van der Waals surface area contributed by atoms with E-state index in [2.05, 4.69) is 11.8 Å². The van der Waals surface area contributed by atoms with E-state index in [0.717, 1.165) is 24.9 Å². The number of aliphatic hydroxyl groups is 1. The highest BCUT2D eigenvalue weighted by atomic mass is 16.6. The molecule has 0 bridgehead atoms. The van der Waals surface area contributed by atoms with Crippen molar-refractivity contribution < 1.29 is 10.0 Å². The minimum Gasteiger partial charge on any atom is -0.387 e. The molecule has 5 heteroatoms. The zero-order valence-corrected chi connectivity index (χ0v) is 10.5. The molecule has 0 saturated carbocycles. The van der Waals surface area contributed by atoms with Gasteiger partial charge in [0.05, 0.1) is 10.5 Å². The summed E-state index contributed by atoms with van der Waals surface area (Å²) >= 11 is 0. The normalized spacial score (nSPS) is 18.3. The van der Waals surface area contributed by atoms with Gasteiger partial charge in [0.2, 0.25) is 0 Å². The van der Waals surface area contributed by atoms with Crippen LogP contribution < -0.4 is 0 Å². The number of nitro groups is 1. The number of hydrogen-bond donors (Lipinski definition) is 1. The fraction of sp³-hybridized carbons (Fsp3) is 0.538. The van der Waals surface area contributed by atoms with Crippen molar-refractivity contribution in [2.45, 2.75) is 31.9 Å². The Labute approximate surface area is 106 Å². The highest BCUT2D eigenvalue weighted by molar-refractivity contribution is 5.32. The number of rotatable bonds is 5. The van der Waals surface area contributed by atoms with Crippen LogP contribution in [-0.4, -0.2) is 33.6 Å². The van der Waals surface area contributed by atoms with E-state index < -0.39 is 10.5 Å². The number of nitro benzene ring substituents is 1. The van der Waals surface area contributed by atoms with Gasteiger partial charge in [0.15, 0.2) is 0 Å². The summed E-state index contributed by atoms with van der Waals surface area (Å²) in [4.78, 5) is 12.3. The Kier molecular flexibility index (Phi) is 3.63. The van der Waals surface area contributed by atoms with Gasteiger partial charge in [-0.05, 0) is 12.0 Å². The van der Waals surface area contributed by atoms with Gasteiger partial charge in [-0.1, -0.05) is 25.5 Å². The van der Waals surface area contributed by atoms with Crippen LogP contribution in [0, 0.1) is 10.1 Å². The lowest BCUT2D eigenvalue weighted by atomic mass is 9.89. The molecule has 1 saturated heterocycles. The molecule has 1 aliphatic heterocycles. The lowest BCUT2D eigenvalue weighted by Gasteiger charge is -2.46. The van der Waals surface area contributed by atoms with Gasteiger partial charge in [-0.2, -0.15) is 0 Å². The number of hydrogen-bond acceptors (Lipinski definition) is 4. The quantitative estimate of drug-likeness (QED) is 0.640. The van der Waals surface area contributed by atoms with Crippen LogP contribution in [0.2, 0.25) is 0 Å². The molecular weight excluding hydrogens is 232 g/mol. The summed E-state index contributed by atoms with van der Waals surface area (Å²) < 4.78 is 0. The van der Waals surface area contributed by atoms with Crippen molar-refractivity contribution >= 4 is 5.69 Å². The van der Waals surface area contributed by atoms with Gasteiger partial charge in [0.25, 0.3) is 5.69 Å². The Hall–Kier alpha value is -1.46. The summed E-state index contributed by atoms with van der Waals surface area (Å²) in [6.07, 6.45) is 1.83. The standard InChI is InChI=1S/C13H18N2O3/c1-2-7-13(16)9-14(10-13)8-11-3-5-12(6-4-11)15(17)18/h3-6,16H,2,7-10H2,1H3. The Morgan fingerprint density at radius 3 is 2.50 bits per heavy atom. The first-order chi connectivity index (χ1) is 8.52. The molecule has 0 aromatic heterocycles. The van der Waals surface area contributed by atoms with Crippen molar-refractivity contribution in [2.75, 3.05) is 13.1 Å². The summed E-state index contributed by atoms with van der Waals surface area (Å²) in [5.74, 6) is 0. The van der Waals surface area contributed by atoms with Crippen molar-refractivity contribution in [3.8, 4) is 0 Å². The summed E-state index contributed by atoms with van der Waals surface area (Å²) in [6.45, 7) is 4.19. The number of nitrogens with zero attached hydrogens (tertiary/aromatic N) is 2. The van der Waals surface area contributed by atoms with Crippen LogP contribution in [0.3, 0.4) is 0 Å². The van der Waals surface area contributed by atoms with Gasteiger partial charge in [-0.25, -0.2) is 0 Å². The third kappa shape index (κ3) is 2.86. The third-order valence-electron chi connectivity index (χ3n) is 3.30. The predicted octanol–water partition coefficient (Wildman–Crippen LogP) is 1.94. The van der Waals surface area contributed by atoms with Crippen molar-refractivity contribution in [3.05, 3.63) is 39.9 Å². The van der Waals surface area contributed by atoms with Crippen molar-refractivity contribution in [2.24, 2.45) is 0 Å². The molecule has 0 atom stereocenters. The second kappa shape index (κ2) is 5.04. The lowest BCUT2D eigenvalue weighted by Crippen LogP contribution is -2.60. The highest BCUT2D eigenvalue weighted by Crippen LogP contribution is 2.27. The molecule has 0 amide bonds. The molecule has 5 nitrogen and oxygen atoms in total. The zero-order chi connectivity index (χ0) is 13.2. The molecule has 0 radical (unpaired) electrons. The van der Waals surface area contributed by atoms with Crippen LogP contribution >= 0.6 is 0 Å². The number of β-amino-alcohol motifs (C(OH)–C–C–N with tert-alkyl or cyclic N) is 1. The number of non-ortho nitro benzene ring substituents is 1. The minimum absolute atomic E-state index is 0.116. The van der Waals surface area contributed by atoms with Gasteiger partial charge < -0.3 is 5.11 Å². The molecule has 1 N–H and O–H groups in total. The van der Waals surface area contributed by atoms with E-state index in [1.54, 1.807) is 12.1 Å². The van der Waals surface area contributed by atoms with Gasteiger partial charge in [0.1, 0.15) is 0 Å². The average molecular weight is 250 g/mol. The topological polar surface area (TPSA) is 66.6 Å². The fourth-order valence-corrected chi connectivity index (χ4v) is 2.50. The van der Waals surface area contributed by atoms with E-state index in [4.69, 9.17) is 0 Å². The smallest absolute Gasteiger partial charge is 0.269 e. The Morgan fingerprint density at radius 1 is 1.39 bits per heavy atom. The molecule has 1 heterocycles. The van der Waals surface area contributed by atoms with Gasteiger partial charge in [-0.15, -0.1) is 0 Å². The maximum Gasteiger partial charge on any atom is 0.269 e. The molecule has 1 aromatic rings. The van der Waals surface area contributed by atoms with E-state index in [-0.39, 0.29) is 5.69 Å². The molecule has 1 aromatic carbocycles.